The summed E-state index contributed by atoms with van der Waals surface area (Å²) < 4.78 is 11.3. The van der Waals surface area contributed by atoms with Gasteiger partial charge in [0.2, 0.25) is 5.95 Å². The molecule has 0 atom stereocenters. The normalized spacial score (nSPS) is 16.7. The van der Waals surface area contributed by atoms with E-state index >= 15 is 0 Å². The van der Waals surface area contributed by atoms with Crippen LogP contribution in [0.1, 0.15) is 41.0 Å². The van der Waals surface area contributed by atoms with Crippen molar-refractivity contribution in [2.45, 2.75) is 25.9 Å². The number of hydrogen-bond acceptors (Lipinski definition) is 6. The third-order valence-electron chi connectivity index (χ3n) is 6.67. The molecule has 0 aliphatic carbocycles. The van der Waals surface area contributed by atoms with E-state index in [0.717, 1.165) is 54.8 Å². The Morgan fingerprint density at radius 2 is 1.70 bits per heavy atom. The third-order valence-corrected chi connectivity index (χ3v) is 6.67. The predicted octanol–water partition coefficient (Wildman–Crippen LogP) is 3.92. The van der Waals surface area contributed by atoms with Crippen LogP contribution in [-0.4, -0.2) is 47.3 Å². The van der Waals surface area contributed by atoms with Gasteiger partial charge in [-0.3, -0.25) is 0 Å². The Bertz CT molecular complexity index is 1150. The van der Waals surface area contributed by atoms with Crippen molar-refractivity contribution in [3.05, 3.63) is 83.2 Å². The monoisotopic (exact) mass is 445 g/mol. The highest BCUT2D eigenvalue weighted by Crippen LogP contribution is 2.39. The van der Waals surface area contributed by atoms with Crippen molar-refractivity contribution in [3.63, 3.8) is 0 Å². The average Bonchev–Trinajstić information content (AvgIpc) is 2.76. The van der Waals surface area contributed by atoms with E-state index in [9.17, 15) is 4.79 Å². The number of aromatic nitrogens is 2. The molecule has 2 aromatic carbocycles. The smallest absolute Gasteiger partial charge is 0.335 e. The SMILES string of the molecule is CC(C)(c1ccc(OCc2ccnc(N3CC4(COC4)C3)n2)cc1)c1ccc(C(=O)O)cc1. The fourth-order valence-corrected chi connectivity index (χ4v) is 4.42. The standard InChI is InChI=1S/C26H27N3O4/c1-25(2,19-5-3-18(4-6-19)23(30)31)20-7-9-22(10-8-20)33-13-21-11-12-27-24(28-21)29-14-26(15-29)16-32-17-26/h3-12H,13-17H2,1-2H3,(H,30,31). The Morgan fingerprint density at radius 3 is 2.27 bits per heavy atom. The summed E-state index contributed by atoms with van der Waals surface area (Å²) in [5.74, 6) is 0.600. The third kappa shape index (κ3) is 4.16. The zero-order chi connectivity index (χ0) is 23.1. The van der Waals surface area contributed by atoms with E-state index in [1.807, 2.05) is 42.5 Å². The van der Waals surface area contributed by atoms with Gasteiger partial charge in [0.1, 0.15) is 12.4 Å². The minimum absolute atomic E-state index is 0.267. The molecule has 5 rings (SSSR count). The number of carboxylic acids is 1. The van der Waals surface area contributed by atoms with Gasteiger partial charge in [0, 0.05) is 24.7 Å². The van der Waals surface area contributed by atoms with Crippen LogP contribution in [0.2, 0.25) is 0 Å². The van der Waals surface area contributed by atoms with E-state index in [2.05, 4.69) is 28.7 Å². The number of hydrogen-bond donors (Lipinski definition) is 1. The fraction of sp³-hybridized carbons (Fsp3) is 0.346. The Morgan fingerprint density at radius 1 is 1.06 bits per heavy atom. The molecule has 2 saturated heterocycles. The summed E-state index contributed by atoms with van der Waals surface area (Å²) in [6.45, 7) is 8.20. The fourth-order valence-electron chi connectivity index (χ4n) is 4.42. The van der Waals surface area contributed by atoms with E-state index in [4.69, 9.17) is 14.6 Å². The molecular weight excluding hydrogens is 418 g/mol. The van der Waals surface area contributed by atoms with E-state index in [-0.39, 0.29) is 11.0 Å². The second-order valence-electron chi connectivity index (χ2n) is 9.52. The van der Waals surface area contributed by atoms with Crippen molar-refractivity contribution in [3.8, 4) is 5.75 Å². The predicted molar refractivity (Wildman–Crippen MR) is 124 cm³/mol. The number of aromatic carboxylic acids is 1. The summed E-state index contributed by atoms with van der Waals surface area (Å²) in [5.41, 5.74) is 3.36. The molecule has 1 spiro atoms. The summed E-state index contributed by atoms with van der Waals surface area (Å²) in [7, 11) is 0. The van der Waals surface area contributed by atoms with Crippen LogP contribution in [-0.2, 0) is 16.8 Å². The van der Waals surface area contributed by atoms with Crippen molar-refractivity contribution < 1.29 is 19.4 Å². The summed E-state index contributed by atoms with van der Waals surface area (Å²) >= 11 is 0. The Labute approximate surface area is 193 Å². The molecular formula is C26H27N3O4. The zero-order valence-corrected chi connectivity index (χ0v) is 18.8. The van der Waals surface area contributed by atoms with Crippen LogP contribution in [0.3, 0.4) is 0 Å². The molecule has 2 aliphatic heterocycles. The van der Waals surface area contributed by atoms with Crippen molar-refractivity contribution in [2.24, 2.45) is 5.41 Å². The quantitative estimate of drug-likeness (QED) is 0.590. The van der Waals surface area contributed by atoms with Crippen LogP contribution in [0, 0.1) is 5.41 Å². The molecule has 7 nitrogen and oxygen atoms in total. The molecule has 0 unspecified atom stereocenters. The minimum atomic E-state index is -0.918. The molecule has 2 fully saturated rings. The van der Waals surface area contributed by atoms with Crippen LogP contribution in [0.4, 0.5) is 5.95 Å². The van der Waals surface area contributed by atoms with Crippen LogP contribution in [0.15, 0.2) is 60.8 Å². The number of benzene rings is 2. The number of ether oxygens (including phenoxy) is 2. The Hall–Kier alpha value is -3.45. The molecule has 2 aliphatic rings. The lowest BCUT2D eigenvalue weighted by atomic mass is 9.78. The first-order valence-electron chi connectivity index (χ1n) is 11.1. The summed E-state index contributed by atoms with van der Waals surface area (Å²) in [4.78, 5) is 22.4. The molecule has 1 aromatic heterocycles. The molecule has 0 bridgehead atoms. The van der Waals surface area contributed by atoms with Gasteiger partial charge < -0.3 is 19.5 Å². The number of carbonyl (C=O) groups is 1. The first-order valence-corrected chi connectivity index (χ1v) is 11.1. The van der Waals surface area contributed by atoms with Gasteiger partial charge in [0.05, 0.1) is 29.9 Å². The lowest BCUT2D eigenvalue weighted by Gasteiger charge is -2.54. The van der Waals surface area contributed by atoms with Gasteiger partial charge in [-0.15, -0.1) is 0 Å². The molecule has 33 heavy (non-hydrogen) atoms. The topological polar surface area (TPSA) is 84.8 Å². The van der Waals surface area contributed by atoms with Crippen molar-refractivity contribution in [1.29, 1.82) is 0 Å². The molecule has 3 aromatic rings. The van der Waals surface area contributed by atoms with Crippen LogP contribution in [0.25, 0.3) is 0 Å². The lowest BCUT2D eigenvalue weighted by Crippen LogP contribution is -2.66. The molecule has 3 heterocycles. The van der Waals surface area contributed by atoms with Crippen molar-refractivity contribution >= 4 is 11.9 Å². The maximum absolute atomic E-state index is 11.1. The van der Waals surface area contributed by atoms with Gasteiger partial charge in [-0.25, -0.2) is 14.8 Å². The Kier molecular flexibility index (Phi) is 5.29. The number of carboxylic acid groups (broad SMARTS) is 1. The highest BCUT2D eigenvalue weighted by atomic mass is 16.5. The average molecular weight is 446 g/mol. The van der Waals surface area contributed by atoms with Crippen LogP contribution >= 0.6 is 0 Å². The molecule has 0 radical (unpaired) electrons. The second kappa shape index (κ2) is 8.15. The van der Waals surface area contributed by atoms with Gasteiger partial charge in [-0.1, -0.05) is 38.1 Å². The van der Waals surface area contributed by atoms with Crippen molar-refractivity contribution in [2.75, 3.05) is 31.2 Å². The van der Waals surface area contributed by atoms with E-state index in [1.165, 1.54) is 0 Å². The highest BCUT2D eigenvalue weighted by Gasteiger charge is 2.49. The summed E-state index contributed by atoms with van der Waals surface area (Å²) in [6, 6.07) is 16.9. The first-order chi connectivity index (χ1) is 15.8. The molecule has 7 heteroatoms. The lowest BCUT2D eigenvalue weighted by molar-refractivity contribution is -0.127. The molecule has 170 valence electrons. The van der Waals surface area contributed by atoms with Gasteiger partial charge in [0.25, 0.3) is 0 Å². The van der Waals surface area contributed by atoms with E-state index < -0.39 is 5.97 Å². The minimum Gasteiger partial charge on any atom is -0.487 e. The summed E-state index contributed by atoms with van der Waals surface area (Å²) in [5, 5.41) is 9.12. The Balaban J connectivity index is 1.21. The van der Waals surface area contributed by atoms with Crippen LogP contribution < -0.4 is 9.64 Å². The maximum Gasteiger partial charge on any atom is 0.335 e. The number of rotatable bonds is 7. The van der Waals surface area contributed by atoms with E-state index in [1.54, 1.807) is 18.3 Å². The summed E-state index contributed by atoms with van der Waals surface area (Å²) in [6.07, 6.45) is 1.78. The maximum atomic E-state index is 11.1. The van der Waals surface area contributed by atoms with Crippen molar-refractivity contribution in [1.82, 2.24) is 9.97 Å². The molecule has 0 saturated carbocycles. The van der Waals surface area contributed by atoms with Crippen LogP contribution in [0.5, 0.6) is 5.75 Å². The molecule has 1 N–H and O–H groups in total. The van der Waals surface area contributed by atoms with Gasteiger partial charge in [-0.2, -0.15) is 0 Å². The largest absolute Gasteiger partial charge is 0.487 e. The number of anilines is 1. The van der Waals surface area contributed by atoms with E-state index in [0.29, 0.717) is 12.0 Å². The first kappa shape index (κ1) is 21.4. The highest BCUT2D eigenvalue weighted by molar-refractivity contribution is 5.87. The van der Waals surface area contributed by atoms with Gasteiger partial charge >= 0.3 is 5.97 Å². The second-order valence-corrected chi connectivity index (χ2v) is 9.52. The zero-order valence-electron chi connectivity index (χ0n) is 18.8. The molecule has 0 amide bonds. The van der Waals surface area contributed by atoms with Gasteiger partial charge in [0.15, 0.2) is 0 Å². The number of nitrogens with zero attached hydrogens (tertiary/aromatic N) is 3. The van der Waals surface area contributed by atoms with Gasteiger partial charge in [-0.05, 0) is 41.5 Å².